The average molecular weight is 528 g/mol. The monoisotopic (exact) mass is 527 g/mol. The molecular weight excluding hydrogens is 506 g/mol. The van der Waals surface area contributed by atoms with Gasteiger partial charge in [-0.2, -0.15) is 0 Å². The summed E-state index contributed by atoms with van der Waals surface area (Å²) in [5, 5.41) is 8.63. The van der Waals surface area contributed by atoms with Gasteiger partial charge in [0.25, 0.3) is 0 Å². The lowest BCUT2D eigenvalue weighted by atomic mass is 10.0. The van der Waals surface area contributed by atoms with E-state index in [0.717, 1.165) is 33.2 Å². The largest absolute Gasteiger partial charge is 0.278 e. The summed E-state index contributed by atoms with van der Waals surface area (Å²) in [5.74, 6) is 0.685. The standard InChI is InChI=1S/C36H21N3S/c1-2-10-22(11-3-1)35-25-13-4-7-15-29(25)37-36(38-35)39-30-16-8-5-12-24(30)28-21-27-23(20-31(28)39)18-19-33-34(27)26-14-6-9-17-32(26)40-33/h1-21H. The van der Waals surface area contributed by atoms with Gasteiger partial charge in [0.05, 0.1) is 22.2 Å². The predicted molar refractivity (Wildman–Crippen MR) is 170 cm³/mol. The van der Waals surface area contributed by atoms with Crippen molar-refractivity contribution in [1.82, 2.24) is 14.5 Å². The third kappa shape index (κ3) is 3.05. The quantitative estimate of drug-likeness (QED) is 0.224. The minimum absolute atomic E-state index is 0.685. The second kappa shape index (κ2) is 8.22. The van der Waals surface area contributed by atoms with Gasteiger partial charge in [-0.15, -0.1) is 11.3 Å². The lowest BCUT2D eigenvalue weighted by Gasteiger charge is -2.12. The first kappa shape index (κ1) is 21.8. The summed E-state index contributed by atoms with van der Waals surface area (Å²) < 4.78 is 4.88. The maximum atomic E-state index is 5.23. The van der Waals surface area contributed by atoms with Gasteiger partial charge in [0.15, 0.2) is 0 Å². The van der Waals surface area contributed by atoms with Crippen LogP contribution in [0, 0.1) is 0 Å². The molecule has 3 aromatic heterocycles. The van der Waals surface area contributed by atoms with Crippen LogP contribution in [0.3, 0.4) is 0 Å². The Morgan fingerprint density at radius 3 is 2.15 bits per heavy atom. The van der Waals surface area contributed by atoms with Crippen molar-refractivity contribution < 1.29 is 0 Å². The Labute approximate surface area is 233 Å². The van der Waals surface area contributed by atoms with Crippen molar-refractivity contribution in [3.05, 3.63) is 127 Å². The summed E-state index contributed by atoms with van der Waals surface area (Å²) in [5.41, 5.74) is 5.18. The number of fused-ring (bicyclic) bond motifs is 9. The summed E-state index contributed by atoms with van der Waals surface area (Å²) in [6.45, 7) is 0. The molecule has 40 heavy (non-hydrogen) atoms. The van der Waals surface area contributed by atoms with Crippen LogP contribution in [-0.2, 0) is 0 Å². The van der Waals surface area contributed by atoms with Crippen molar-refractivity contribution in [3.63, 3.8) is 0 Å². The molecule has 0 radical (unpaired) electrons. The number of hydrogen-bond donors (Lipinski definition) is 0. The van der Waals surface area contributed by atoms with E-state index in [1.54, 1.807) is 0 Å². The molecule has 0 atom stereocenters. The van der Waals surface area contributed by atoms with Gasteiger partial charge >= 0.3 is 0 Å². The summed E-state index contributed by atoms with van der Waals surface area (Å²) in [4.78, 5) is 10.4. The number of thiophene rings is 1. The molecule has 0 aliphatic heterocycles. The summed E-state index contributed by atoms with van der Waals surface area (Å²) in [7, 11) is 0. The third-order valence-electron chi connectivity index (χ3n) is 7.99. The molecule has 0 aliphatic carbocycles. The summed E-state index contributed by atoms with van der Waals surface area (Å²) in [6.07, 6.45) is 0. The first-order valence-corrected chi connectivity index (χ1v) is 14.2. The van der Waals surface area contributed by atoms with Gasteiger partial charge < -0.3 is 0 Å². The zero-order chi connectivity index (χ0) is 26.2. The number of aromatic nitrogens is 3. The molecule has 0 unspecified atom stereocenters. The SMILES string of the molecule is c1ccc(-c2nc(-n3c4ccccc4c4cc5c(ccc6sc7ccccc7c65)cc43)nc3ccccc23)cc1. The Morgan fingerprint density at radius 2 is 1.25 bits per heavy atom. The molecule has 4 heteroatoms. The van der Waals surface area contributed by atoms with E-state index in [1.165, 1.54) is 41.7 Å². The van der Waals surface area contributed by atoms with Crippen molar-refractivity contribution in [2.45, 2.75) is 0 Å². The average Bonchev–Trinajstić information content (AvgIpc) is 3.55. The van der Waals surface area contributed by atoms with Gasteiger partial charge in [0.2, 0.25) is 5.95 Å². The van der Waals surface area contributed by atoms with Crippen molar-refractivity contribution in [1.29, 1.82) is 0 Å². The molecule has 0 amide bonds. The number of benzene rings is 6. The first-order valence-electron chi connectivity index (χ1n) is 13.4. The van der Waals surface area contributed by atoms with Gasteiger partial charge in [-0.25, -0.2) is 9.97 Å². The lowest BCUT2D eigenvalue weighted by Crippen LogP contribution is -2.03. The number of rotatable bonds is 2. The molecular formula is C36H21N3S. The Kier molecular flexibility index (Phi) is 4.48. The second-order valence-corrected chi connectivity index (χ2v) is 11.3. The Bertz CT molecular complexity index is 2430. The molecule has 0 aliphatic rings. The van der Waals surface area contributed by atoms with Crippen LogP contribution in [0.25, 0.3) is 80.9 Å². The first-order chi connectivity index (χ1) is 19.8. The van der Waals surface area contributed by atoms with Crippen molar-refractivity contribution in [3.8, 4) is 17.2 Å². The maximum Gasteiger partial charge on any atom is 0.235 e. The van der Waals surface area contributed by atoms with E-state index in [4.69, 9.17) is 9.97 Å². The van der Waals surface area contributed by atoms with Crippen molar-refractivity contribution >= 4 is 75.0 Å². The van der Waals surface area contributed by atoms with Crippen LogP contribution in [0.2, 0.25) is 0 Å². The highest BCUT2D eigenvalue weighted by atomic mass is 32.1. The van der Waals surface area contributed by atoms with E-state index in [-0.39, 0.29) is 0 Å². The van der Waals surface area contributed by atoms with Crippen LogP contribution in [0.4, 0.5) is 0 Å². The van der Waals surface area contributed by atoms with E-state index in [1.807, 2.05) is 23.5 Å². The van der Waals surface area contributed by atoms with Gasteiger partial charge in [0, 0.05) is 41.9 Å². The van der Waals surface area contributed by atoms with Gasteiger partial charge in [-0.3, -0.25) is 4.57 Å². The fourth-order valence-corrected chi connectivity index (χ4v) is 7.33. The van der Waals surface area contributed by atoms with Crippen molar-refractivity contribution in [2.75, 3.05) is 0 Å². The summed E-state index contributed by atoms with van der Waals surface area (Å²) >= 11 is 1.86. The molecule has 0 saturated heterocycles. The fourth-order valence-electron chi connectivity index (χ4n) is 6.21. The molecule has 6 aromatic carbocycles. The van der Waals surface area contributed by atoms with E-state index in [0.29, 0.717) is 5.95 Å². The minimum Gasteiger partial charge on any atom is -0.278 e. The summed E-state index contributed by atoms with van der Waals surface area (Å²) in [6, 6.07) is 45.2. The molecule has 9 rings (SSSR count). The normalized spacial score (nSPS) is 12.0. The van der Waals surface area contributed by atoms with Gasteiger partial charge in [-0.05, 0) is 47.2 Å². The van der Waals surface area contributed by atoms with Crippen molar-refractivity contribution in [2.24, 2.45) is 0 Å². The van der Waals surface area contributed by atoms with Gasteiger partial charge in [0.1, 0.15) is 0 Å². The molecule has 0 saturated carbocycles. The fraction of sp³-hybridized carbons (Fsp3) is 0. The number of nitrogens with zero attached hydrogens (tertiary/aromatic N) is 3. The van der Waals surface area contributed by atoms with Crippen LogP contribution in [-0.4, -0.2) is 14.5 Å². The Morgan fingerprint density at radius 1 is 0.500 bits per heavy atom. The zero-order valence-electron chi connectivity index (χ0n) is 21.4. The smallest absolute Gasteiger partial charge is 0.235 e. The number of hydrogen-bond acceptors (Lipinski definition) is 3. The van der Waals surface area contributed by atoms with Gasteiger partial charge in [-0.1, -0.05) is 91.0 Å². The molecule has 0 bridgehead atoms. The zero-order valence-corrected chi connectivity index (χ0v) is 22.2. The molecule has 9 aromatic rings. The van der Waals surface area contributed by atoms with Crippen LogP contribution >= 0.6 is 11.3 Å². The highest BCUT2D eigenvalue weighted by Crippen LogP contribution is 2.42. The Hall–Kier alpha value is -5.06. The Balaban J connectivity index is 1.42. The van der Waals surface area contributed by atoms with E-state index in [9.17, 15) is 0 Å². The highest BCUT2D eigenvalue weighted by molar-refractivity contribution is 7.26. The minimum atomic E-state index is 0.685. The lowest BCUT2D eigenvalue weighted by molar-refractivity contribution is 1.01. The van der Waals surface area contributed by atoms with E-state index >= 15 is 0 Å². The predicted octanol–water partition coefficient (Wildman–Crippen LogP) is 9.91. The number of para-hydroxylation sites is 2. The third-order valence-corrected chi connectivity index (χ3v) is 9.12. The topological polar surface area (TPSA) is 30.7 Å². The molecule has 186 valence electrons. The van der Waals surface area contributed by atoms with Crippen LogP contribution in [0.1, 0.15) is 0 Å². The van der Waals surface area contributed by atoms with Crippen LogP contribution in [0.5, 0.6) is 0 Å². The van der Waals surface area contributed by atoms with E-state index in [2.05, 4.69) is 120 Å². The van der Waals surface area contributed by atoms with Crippen LogP contribution < -0.4 is 0 Å². The molecule has 0 spiro atoms. The molecule has 0 fully saturated rings. The highest BCUT2D eigenvalue weighted by Gasteiger charge is 2.19. The van der Waals surface area contributed by atoms with E-state index < -0.39 is 0 Å². The van der Waals surface area contributed by atoms with Crippen LogP contribution in [0.15, 0.2) is 127 Å². The second-order valence-electron chi connectivity index (χ2n) is 10.2. The molecule has 3 heterocycles. The maximum absolute atomic E-state index is 5.23. The molecule has 3 nitrogen and oxygen atoms in total. The molecule has 0 N–H and O–H groups in total.